The molecule has 9 nitrogen and oxygen atoms in total. The van der Waals surface area contributed by atoms with Gasteiger partial charge in [-0.3, -0.25) is 19.2 Å². The van der Waals surface area contributed by atoms with Crippen molar-refractivity contribution in [1.29, 1.82) is 0 Å². The minimum absolute atomic E-state index is 0.0768. The zero-order valence-electron chi connectivity index (χ0n) is 27.1. The van der Waals surface area contributed by atoms with Crippen LogP contribution in [0.4, 0.5) is 0 Å². The minimum Gasteiger partial charge on any atom is -0.497 e. The maximum Gasteiger partial charge on any atom is 0.287 e. The molecule has 1 atom stereocenters. The van der Waals surface area contributed by atoms with Crippen molar-refractivity contribution in [2.45, 2.75) is 83.7 Å². The Bertz CT molecular complexity index is 1630. The van der Waals surface area contributed by atoms with Crippen LogP contribution in [0.2, 0.25) is 5.02 Å². The molecule has 46 heavy (non-hydrogen) atoms. The molecule has 2 aliphatic rings. The van der Waals surface area contributed by atoms with Crippen molar-refractivity contribution < 1.29 is 23.5 Å². The first-order valence-electron chi connectivity index (χ1n) is 16.2. The summed E-state index contributed by atoms with van der Waals surface area (Å²) in [7, 11) is 1.50. The second-order valence-electron chi connectivity index (χ2n) is 13.7. The van der Waals surface area contributed by atoms with E-state index in [2.05, 4.69) is 10.6 Å². The second kappa shape index (κ2) is 13.9. The molecule has 1 saturated heterocycles. The molecular weight excluding hydrogens is 606 g/mol. The van der Waals surface area contributed by atoms with Crippen LogP contribution in [0.25, 0.3) is 11.0 Å². The Labute approximate surface area is 275 Å². The lowest BCUT2D eigenvalue weighted by atomic mass is 9.63. The number of nitrogens with zero attached hydrogens (tertiary/aromatic N) is 1. The normalized spacial score (nSPS) is 17.7. The Morgan fingerprint density at radius 2 is 1.70 bits per heavy atom. The monoisotopic (exact) mass is 649 g/mol. The van der Waals surface area contributed by atoms with Crippen LogP contribution in [0.5, 0.6) is 5.75 Å². The molecule has 1 aliphatic heterocycles. The molecule has 3 amide bonds. The minimum atomic E-state index is -0.939. The SMILES string of the molecule is COc1ccc2c(=O)cc(C(=O)N[C@H](Cc3ccc(Cl)cc3)C(=O)N3CCC(C(=O)NC(C)(C)C)(C4CCCCC4)CC3)oc2c1. The molecule has 10 heteroatoms. The third-order valence-electron chi connectivity index (χ3n) is 9.41. The van der Waals surface area contributed by atoms with E-state index in [1.807, 2.05) is 32.9 Å². The summed E-state index contributed by atoms with van der Waals surface area (Å²) in [5.41, 5.74) is -0.248. The van der Waals surface area contributed by atoms with Gasteiger partial charge in [0.1, 0.15) is 17.4 Å². The summed E-state index contributed by atoms with van der Waals surface area (Å²) in [4.78, 5) is 56.1. The molecule has 2 heterocycles. The number of halogens is 1. The van der Waals surface area contributed by atoms with Crippen LogP contribution in [0.3, 0.4) is 0 Å². The summed E-state index contributed by atoms with van der Waals surface area (Å²) in [5, 5.41) is 6.97. The first-order valence-corrected chi connectivity index (χ1v) is 16.5. The summed E-state index contributed by atoms with van der Waals surface area (Å²) in [5.74, 6) is -0.287. The van der Waals surface area contributed by atoms with Crippen LogP contribution in [-0.2, 0) is 16.0 Å². The van der Waals surface area contributed by atoms with Crippen molar-refractivity contribution >= 4 is 40.3 Å². The van der Waals surface area contributed by atoms with Crippen LogP contribution in [0, 0.1) is 11.3 Å². The summed E-state index contributed by atoms with van der Waals surface area (Å²) in [6.45, 7) is 6.80. The highest BCUT2D eigenvalue weighted by Gasteiger charge is 2.49. The quantitative estimate of drug-likeness (QED) is 0.314. The predicted molar refractivity (Wildman–Crippen MR) is 178 cm³/mol. The molecule has 2 N–H and O–H groups in total. The number of likely N-dealkylation sites (tertiary alicyclic amines) is 1. The fraction of sp³-hybridized carbons (Fsp3) is 0.500. The number of carbonyl (C=O) groups is 3. The molecule has 3 aromatic rings. The Hall–Kier alpha value is -3.85. The highest BCUT2D eigenvalue weighted by Crippen LogP contribution is 2.46. The van der Waals surface area contributed by atoms with E-state index in [0.29, 0.717) is 42.1 Å². The molecule has 2 aromatic carbocycles. The van der Waals surface area contributed by atoms with Gasteiger partial charge in [-0.25, -0.2) is 0 Å². The van der Waals surface area contributed by atoms with Gasteiger partial charge in [-0.1, -0.05) is 43.0 Å². The van der Waals surface area contributed by atoms with Crippen molar-refractivity contribution in [3.8, 4) is 5.75 Å². The number of nitrogens with one attached hydrogen (secondary N) is 2. The zero-order chi connectivity index (χ0) is 33.1. The average Bonchev–Trinajstić information content (AvgIpc) is 3.04. The lowest BCUT2D eigenvalue weighted by molar-refractivity contribution is -0.147. The number of fused-ring (bicyclic) bond motifs is 1. The predicted octanol–water partition coefficient (Wildman–Crippen LogP) is 5.90. The van der Waals surface area contributed by atoms with E-state index in [4.69, 9.17) is 20.8 Å². The van der Waals surface area contributed by atoms with Crippen molar-refractivity contribution in [3.63, 3.8) is 0 Å². The topological polar surface area (TPSA) is 118 Å². The molecule has 2 fully saturated rings. The standard InChI is InChI=1S/C36H44ClN3O6/c1-35(2,3)39-34(44)36(24-8-6-5-7-9-24)16-18-40(19-17-36)33(43)28(20-23-10-12-25(37)13-11-23)38-32(42)31-22-29(41)27-15-14-26(45-4)21-30(27)46-31/h10-15,21-22,24,28H,5-9,16-20H2,1-4H3,(H,38,42)(H,39,44)/t28-/m1/s1. The summed E-state index contributed by atoms with van der Waals surface area (Å²) >= 11 is 6.11. The van der Waals surface area contributed by atoms with Gasteiger partial charge in [0, 0.05) is 42.2 Å². The number of rotatable bonds is 8. The number of methoxy groups -OCH3 is 1. The largest absolute Gasteiger partial charge is 0.497 e. The second-order valence-corrected chi connectivity index (χ2v) is 14.2. The van der Waals surface area contributed by atoms with Crippen LogP contribution >= 0.6 is 11.6 Å². The fourth-order valence-corrected chi connectivity index (χ4v) is 7.07. The van der Waals surface area contributed by atoms with Gasteiger partial charge in [-0.05, 0) is 82.2 Å². The number of piperidine rings is 1. The van der Waals surface area contributed by atoms with Gasteiger partial charge in [0.05, 0.1) is 17.9 Å². The Balaban J connectivity index is 1.39. The molecule has 0 unspecified atom stereocenters. The van der Waals surface area contributed by atoms with Gasteiger partial charge >= 0.3 is 0 Å². The first-order chi connectivity index (χ1) is 21.9. The van der Waals surface area contributed by atoms with Gasteiger partial charge in [-0.2, -0.15) is 0 Å². The number of amides is 3. The maximum atomic E-state index is 14.2. The van der Waals surface area contributed by atoms with Gasteiger partial charge in [-0.15, -0.1) is 0 Å². The highest BCUT2D eigenvalue weighted by molar-refractivity contribution is 6.30. The zero-order valence-corrected chi connectivity index (χ0v) is 27.9. The lowest BCUT2D eigenvalue weighted by Gasteiger charge is -2.48. The third kappa shape index (κ3) is 7.57. The van der Waals surface area contributed by atoms with Gasteiger partial charge in [0.25, 0.3) is 5.91 Å². The van der Waals surface area contributed by atoms with E-state index in [9.17, 15) is 19.2 Å². The number of ether oxygens (including phenoxy) is 1. The van der Waals surface area contributed by atoms with E-state index in [1.54, 1.807) is 35.2 Å². The molecule has 1 aliphatic carbocycles. The van der Waals surface area contributed by atoms with Gasteiger partial charge in [0.15, 0.2) is 11.2 Å². The van der Waals surface area contributed by atoms with E-state index >= 15 is 0 Å². The molecule has 1 saturated carbocycles. The van der Waals surface area contributed by atoms with Crippen LogP contribution in [0.1, 0.15) is 81.8 Å². The number of benzene rings is 2. The molecule has 5 rings (SSSR count). The number of hydrogen-bond acceptors (Lipinski definition) is 6. The van der Waals surface area contributed by atoms with Crippen molar-refractivity contribution in [3.05, 3.63) is 75.1 Å². The molecule has 0 radical (unpaired) electrons. The number of carbonyl (C=O) groups excluding carboxylic acids is 3. The summed E-state index contributed by atoms with van der Waals surface area (Å²) < 4.78 is 11.1. The molecule has 246 valence electrons. The van der Waals surface area contributed by atoms with Crippen LogP contribution < -0.4 is 20.8 Å². The van der Waals surface area contributed by atoms with Crippen molar-refractivity contribution in [2.75, 3.05) is 20.2 Å². The average molecular weight is 650 g/mol. The third-order valence-corrected chi connectivity index (χ3v) is 9.66. The summed E-state index contributed by atoms with van der Waals surface area (Å²) in [6, 6.07) is 12.1. The molecule has 0 spiro atoms. The van der Waals surface area contributed by atoms with E-state index in [1.165, 1.54) is 13.5 Å². The Morgan fingerprint density at radius 3 is 2.33 bits per heavy atom. The Morgan fingerprint density at radius 1 is 1.02 bits per heavy atom. The van der Waals surface area contributed by atoms with E-state index < -0.39 is 17.4 Å². The smallest absolute Gasteiger partial charge is 0.287 e. The van der Waals surface area contributed by atoms with Gasteiger partial charge in [0.2, 0.25) is 11.8 Å². The lowest BCUT2D eigenvalue weighted by Crippen LogP contribution is -2.59. The molecule has 0 bridgehead atoms. The van der Waals surface area contributed by atoms with Crippen molar-refractivity contribution in [2.24, 2.45) is 11.3 Å². The van der Waals surface area contributed by atoms with E-state index in [-0.39, 0.29) is 46.5 Å². The maximum absolute atomic E-state index is 14.2. The van der Waals surface area contributed by atoms with Crippen LogP contribution in [0.15, 0.2) is 57.7 Å². The van der Waals surface area contributed by atoms with Gasteiger partial charge < -0.3 is 24.7 Å². The molecular formula is C36H44ClN3O6. The molecule has 1 aromatic heterocycles. The fourth-order valence-electron chi connectivity index (χ4n) is 6.95. The first kappa shape index (κ1) is 33.5. The Kier molecular flexibility index (Phi) is 10.1. The number of hydrogen-bond donors (Lipinski definition) is 2. The summed E-state index contributed by atoms with van der Waals surface area (Å²) in [6.07, 6.45) is 6.79. The van der Waals surface area contributed by atoms with E-state index in [0.717, 1.165) is 37.3 Å². The van der Waals surface area contributed by atoms with Crippen molar-refractivity contribution in [1.82, 2.24) is 15.5 Å². The van der Waals surface area contributed by atoms with Crippen LogP contribution in [-0.4, -0.2) is 54.4 Å². The highest BCUT2D eigenvalue weighted by atomic mass is 35.5.